The van der Waals surface area contributed by atoms with Crippen molar-refractivity contribution in [2.45, 2.75) is 0 Å². The fourth-order valence-corrected chi connectivity index (χ4v) is 0. The predicted octanol–water partition coefficient (Wildman–Crippen LogP) is -2.10. The van der Waals surface area contributed by atoms with Gasteiger partial charge < -0.3 is 9.11 Å². The third kappa shape index (κ3) is 88.7. The molecule has 0 aliphatic heterocycles. The van der Waals surface area contributed by atoms with Gasteiger partial charge in [-0.05, 0) is 0 Å². The summed E-state index contributed by atoms with van der Waals surface area (Å²) in [5.74, 6) is 0. The van der Waals surface area contributed by atoms with Gasteiger partial charge in [0.25, 0.3) is 0 Å². The van der Waals surface area contributed by atoms with Crippen LogP contribution in [-0.2, 0) is 27.5 Å². The normalized spacial score (nSPS) is 7.25. The first-order valence-electron chi connectivity index (χ1n) is 0.667. The molecule has 0 heterocycles. The summed E-state index contributed by atoms with van der Waals surface area (Å²) in [5.41, 5.74) is 0. The van der Waals surface area contributed by atoms with Gasteiger partial charge in [-0.2, -0.15) is 0 Å². The summed E-state index contributed by atoms with van der Waals surface area (Å²) in [6.07, 6.45) is 0. The Morgan fingerprint density at radius 2 is 1.12 bits per heavy atom. The second-order valence-corrected chi connectivity index (χ2v) is 1.22. The maximum absolute atomic E-state index is 8.52. The van der Waals surface area contributed by atoms with Crippen LogP contribution in [0.2, 0.25) is 0 Å². The van der Waals surface area contributed by atoms with Crippen LogP contribution in [0.1, 0.15) is 0 Å². The summed E-state index contributed by atoms with van der Waals surface area (Å²) in [7, 11) is -5.17. The average molecular weight is 219 g/mol. The number of rotatable bonds is 0. The van der Waals surface area contributed by atoms with Gasteiger partial charge in [0.15, 0.2) is 0 Å². The molecule has 0 N–H and O–H groups in total. The third-order valence-corrected chi connectivity index (χ3v) is 0. The van der Waals surface area contributed by atoms with Crippen molar-refractivity contribution in [3.8, 4) is 0 Å². The molecule has 0 saturated heterocycles. The van der Waals surface area contributed by atoms with Gasteiger partial charge in [-0.3, -0.25) is 8.42 Å². The van der Waals surface area contributed by atoms with E-state index in [0.29, 0.717) is 0 Å². The first-order chi connectivity index (χ1) is 2.00. The van der Waals surface area contributed by atoms with E-state index in [1.54, 1.807) is 0 Å². The Balaban J connectivity index is -0.0000000267. The maximum atomic E-state index is 8.52. The van der Waals surface area contributed by atoms with Crippen molar-refractivity contribution < 1.29 is 34.6 Å². The second-order valence-electron chi connectivity index (χ2n) is 0.408. The molecule has 0 aliphatic rings. The molecule has 8 heavy (non-hydrogen) atoms. The molecule has 0 bridgehead atoms. The van der Waals surface area contributed by atoms with Crippen LogP contribution >= 0.6 is 0 Å². The Kier molecular flexibility index (Phi) is 25.8. The van der Waals surface area contributed by atoms with Crippen LogP contribution in [0.5, 0.6) is 0 Å². The Morgan fingerprint density at radius 3 is 1.12 bits per heavy atom. The molecule has 0 amide bonds. The molecule has 8 heteroatoms. The fraction of sp³-hybridized carbons (Fsp3) is 0. The average Bonchev–Trinajstić information content (AvgIpc) is 0.722. The van der Waals surface area contributed by atoms with Crippen LogP contribution in [0.4, 0.5) is 0 Å². The van der Waals surface area contributed by atoms with Gasteiger partial charge in [-0.25, -0.2) is 0 Å². The Morgan fingerprint density at radius 1 is 1.12 bits per heavy atom. The summed E-state index contributed by atoms with van der Waals surface area (Å²) >= 11 is 0. The van der Waals surface area contributed by atoms with Crippen LogP contribution in [0.3, 0.4) is 0 Å². The third-order valence-electron chi connectivity index (χ3n) is 0. The van der Waals surface area contributed by atoms with E-state index in [1.807, 2.05) is 0 Å². The maximum Gasteiger partial charge on any atom is 3.00 e. The SMILES string of the molecule is O=S(=O)([O-])[O-].[Al+3].[Ca+2].[Fe+2]. The van der Waals surface area contributed by atoms with E-state index >= 15 is 0 Å². The summed E-state index contributed by atoms with van der Waals surface area (Å²) in [5, 5.41) is 0. The van der Waals surface area contributed by atoms with Crippen molar-refractivity contribution in [2.75, 3.05) is 0 Å². The molecule has 0 rings (SSSR count). The summed E-state index contributed by atoms with van der Waals surface area (Å²) < 4.78 is 34.1. The molecule has 0 aliphatic carbocycles. The number of hydrogen-bond donors (Lipinski definition) is 0. The quantitative estimate of drug-likeness (QED) is 0.265. The van der Waals surface area contributed by atoms with Gasteiger partial charge in [0.2, 0.25) is 0 Å². The van der Waals surface area contributed by atoms with E-state index in [2.05, 4.69) is 0 Å². The van der Waals surface area contributed by atoms with E-state index < -0.39 is 10.4 Å². The molecule has 4 nitrogen and oxygen atoms in total. The van der Waals surface area contributed by atoms with Crippen LogP contribution in [0.15, 0.2) is 0 Å². The standard InChI is InChI=1S/Al.Ca.Fe.H2O4S/c;;;1-5(2,3)4/h;;;(H2,1,2,3,4)/q+3;2*+2;/p-2. The Bertz CT molecular complexity index is 99.2. The van der Waals surface area contributed by atoms with Crippen molar-refractivity contribution in [2.24, 2.45) is 0 Å². The van der Waals surface area contributed by atoms with Gasteiger partial charge in [0.1, 0.15) is 0 Å². The van der Waals surface area contributed by atoms with Gasteiger partial charge in [0.05, 0.1) is 0 Å². The van der Waals surface area contributed by atoms with E-state index in [4.69, 9.17) is 17.5 Å². The predicted molar refractivity (Wildman–Crippen MR) is 22.0 cm³/mol. The van der Waals surface area contributed by atoms with E-state index in [9.17, 15) is 0 Å². The molecule has 0 fully saturated rings. The molecular formula is AlCaFeO4S+5. The van der Waals surface area contributed by atoms with Crippen molar-refractivity contribution in [3.63, 3.8) is 0 Å². The van der Waals surface area contributed by atoms with Crippen LogP contribution in [0, 0.1) is 0 Å². The summed E-state index contributed by atoms with van der Waals surface area (Å²) in [4.78, 5) is 0. The topological polar surface area (TPSA) is 80.3 Å². The molecule has 0 aromatic carbocycles. The smallest absolute Gasteiger partial charge is 0.759 e. The Hall–Kier alpha value is 2.18. The first-order valence-corrected chi connectivity index (χ1v) is 2.00. The molecule has 0 spiro atoms. The minimum atomic E-state index is -5.17. The van der Waals surface area contributed by atoms with Crippen LogP contribution in [0.25, 0.3) is 0 Å². The van der Waals surface area contributed by atoms with Crippen molar-refractivity contribution in [3.05, 3.63) is 0 Å². The summed E-state index contributed by atoms with van der Waals surface area (Å²) in [6.45, 7) is 0. The largest absolute Gasteiger partial charge is 3.00 e. The van der Waals surface area contributed by atoms with Crippen molar-refractivity contribution >= 4 is 65.5 Å². The monoisotopic (exact) mass is 219 g/mol. The van der Waals surface area contributed by atoms with E-state index in [-0.39, 0.29) is 72.2 Å². The molecule has 0 saturated carbocycles. The van der Waals surface area contributed by atoms with Gasteiger partial charge in [-0.15, -0.1) is 0 Å². The first kappa shape index (κ1) is 22.5. The molecule has 38 valence electrons. The van der Waals surface area contributed by atoms with Gasteiger partial charge >= 0.3 is 72.2 Å². The Labute approximate surface area is 98.6 Å². The van der Waals surface area contributed by atoms with Crippen molar-refractivity contribution in [1.29, 1.82) is 0 Å². The molecule has 0 radical (unpaired) electrons. The molecule has 0 unspecified atom stereocenters. The summed E-state index contributed by atoms with van der Waals surface area (Å²) in [6, 6.07) is 0. The molecule has 0 aromatic rings. The molecular weight excluding hydrogens is 219 g/mol. The minimum absolute atomic E-state index is 0. The van der Waals surface area contributed by atoms with Crippen LogP contribution < -0.4 is 0 Å². The minimum Gasteiger partial charge on any atom is -0.759 e. The van der Waals surface area contributed by atoms with E-state index in [0.717, 1.165) is 0 Å². The number of hydrogen-bond acceptors (Lipinski definition) is 4. The van der Waals surface area contributed by atoms with Gasteiger partial charge in [-0.1, -0.05) is 0 Å². The zero-order valence-electron chi connectivity index (χ0n) is 3.68. The molecule has 0 aromatic heterocycles. The molecule has 0 atom stereocenters. The second kappa shape index (κ2) is 9.18. The van der Waals surface area contributed by atoms with E-state index in [1.165, 1.54) is 0 Å². The van der Waals surface area contributed by atoms with Crippen LogP contribution in [-0.4, -0.2) is 72.6 Å². The van der Waals surface area contributed by atoms with Gasteiger partial charge in [0, 0.05) is 10.4 Å². The zero-order chi connectivity index (χ0) is 4.50. The fourth-order valence-electron chi connectivity index (χ4n) is 0. The zero-order valence-corrected chi connectivity index (χ0v) is 8.96. The van der Waals surface area contributed by atoms with Crippen molar-refractivity contribution in [1.82, 2.24) is 0 Å².